The third-order valence-corrected chi connectivity index (χ3v) is 5.86. The van der Waals surface area contributed by atoms with E-state index in [1.807, 2.05) is 24.3 Å². The summed E-state index contributed by atoms with van der Waals surface area (Å²) in [5.41, 5.74) is 8.30. The van der Waals surface area contributed by atoms with E-state index in [2.05, 4.69) is 25.2 Å². The number of H-pyrrole nitrogens is 1. The van der Waals surface area contributed by atoms with Crippen molar-refractivity contribution >= 4 is 22.4 Å². The van der Waals surface area contributed by atoms with Crippen molar-refractivity contribution in [3.8, 4) is 22.3 Å². The van der Waals surface area contributed by atoms with Gasteiger partial charge in [-0.25, -0.2) is 14.4 Å². The lowest BCUT2D eigenvalue weighted by Gasteiger charge is -2.29. The first kappa shape index (κ1) is 21.0. The maximum Gasteiger partial charge on any atom is 0.261 e. The topological polar surface area (TPSA) is 99.9 Å². The Hall–Kier alpha value is -3.85. The van der Waals surface area contributed by atoms with Crippen molar-refractivity contribution in [1.82, 2.24) is 20.3 Å². The van der Waals surface area contributed by atoms with Crippen LogP contribution in [0.3, 0.4) is 0 Å². The predicted molar refractivity (Wildman–Crippen MR) is 125 cm³/mol. The SMILES string of the molecule is Cc1nc2cc(-c3cc(-c4ccc(N5CCNCC5)cc4)c(F)nc3N)cc(F)c2c(=O)[nH]1. The van der Waals surface area contributed by atoms with Crippen LogP contribution >= 0.6 is 0 Å². The van der Waals surface area contributed by atoms with Crippen molar-refractivity contribution in [2.24, 2.45) is 0 Å². The molecular weight excluding hydrogens is 426 g/mol. The van der Waals surface area contributed by atoms with Gasteiger partial charge in [-0.2, -0.15) is 4.39 Å². The fourth-order valence-electron chi connectivity index (χ4n) is 4.21. The van der Waals surface area contributed by atoms with Crippen LogP contribution in [0.5, 0.6) is 0 Å². The van der Waals surface area contributed by atoms with Crippen molar-refractivity contribution in [3.63, 3.8) is 0 Å². The van der Waals surface area contributed by atoms with Crippen LogP contribution < -0.4 is 21.5 Å². The van der Waals surface area contributed by atoms with Crippen LogP contribution in [0.15, 0.2) is 47.3 Å². The smallest absolute Gasteiger partial charge is 0.261 e. The Morgan fingerprint density at radius 2 is 1.70 bits per heavy atom. The monoisotopic (exact) mass is 448 g/mol. The van der Waals surface area contributed by atoms with Crippen LogP contribution in [0.2, 0.25) is 0 Å². The second-order valence-electron chi connectivity index (χ2n) is 8.05. The molecule has 33 heavy (non-hydrogen) atoms. The fraction of sp³-hybridized carbons (Fsp3) is 0.208. The molecule has 4 aromatic rings. The molecule has 0 saturated carbocycles. The highest BCUT2D eigenvalue weighted by Gasteiger charge is 2.17. The van der Waals surface area contributed by atoms with Gasteiger partial charge < -0.3 is 20.9 Å². The number of nitrogen functional groups attached to an aromatic ring is 1. The molecule has 0 spiro atoms. The number of piperazine rings is 1. The van der Waals surface area contributed by atoms with Crippen molar-refractivity contribution in [2.45, 2.75) is 6.92 Å². The van der Waals surface area contributed by atoms with Gasteiger partial charge in [-0.1, -0.05) is 12.1 Å². The first-order valence-electron chi connectivity index (χ1n) is 10.6. The summed E-state index contributed by atoms with van der Waals surface area (Å²) in [4.78, 5) is 25.0. The second kappa shape index (κ2) is 8.25. The molecule has 5 rings (SSSR count). The standard InChI is InChI=1S/C24H22F2N6O/c1-13-29-20-11-15(10-19(25)21(20)24(33)30-13)18-12-17(22(26)31-23(18)27)14-2-4-16(5-3-14)32-8-6-28-7-9-32/h2-5,10-12,28H,6-9H2,1H3,(H2,27,31)(H,29,30,33). The molecule has 9 heteroatoms. The summed E-state index contributed by atoms with van der Waals surface area (Å²) in [6.45, 7) is 5.27. The maximum atomic E-state index is 14.8. The summed E-state index contributed by atoms with van der Waals surface area (Å²) in [5, 5.41) is 3.18. The summed E-state index contributed by atoms with van der Waals surface area (Å²) in [7, 11) is 0. The first-order chi connectivity index (χ1) is 15.9. The van der Waals surface area contributed by atoms with Crippen molar-refractivity contribution < 1.29 is 8.78 Å². The summed E-state index contributed by atoms with van der Waals surface area (Å²) in [6.07, 6.45) is 0. The molecule has 7 nitrogen and oxygen atoms in total. The first-order valence-corrected chi connectivity index (χ1v) is 10.6. The van der Waals surface area contributed by atoms with Crippen LogP contribution in [-0.4, -0.2) is 41.1 Å². The largest absolute Gasteiger partial charge is 0.383 e. The average molecular weight is 448 g/mol. The molecule has 0 amide bonds. The molecule has 168 valence electrons. The maximum absolute atomic E-state index is 14.8. The third-order valence-electron chi connectivity index (χ3n) is 5.86. The van der Waals surface area contributed by atoms with E-state index in [0.717, 1.165) is 31.9 Å². The van der Waals surface area contributed by atoms with E-state index in [-0.39, 0.29) is 22.3 Å². The third kappa shape index (κ3) is 3.91. The fourth-order valence-corrected chi connectivity index (χ4v) is 4.21. The molecule has 2 aromatic carbocycles. The van der Waals surface area contributed by atoms with Gasteiger partial charge in [-0.05, 0) is 48.4 Å². The number of nitrogens with two attached hydrogens (primary N) is 1. The predicted octanol–water partition coefficient (Wildman–Crippen LogP) is 3.23. The second-order valence-corrected chi connectivity index (χ2v) is 8.05. The van der Waals surface area contributed by atoms with E-state index < -0.39 is 17.3 Å². The number of aryl methyl sites for hydroxylation is 1. The van der Waals surface area contributed by atoms with Gasteiger partial charge in [0.2, 0.25) is 5.95 Å². The minimum absolute atomic E-state index is 0.0750. The quantitative estimate of drug-likeness (QED) is 0.416. The van der Waals surface area contributed by atoms with Crippen molar-refractivity contribution in [3.05, 3.63) is 70.4 Å². The molecular formula is C24H22F2N6O. The van der Waals surface area contributed by atoms with Gasteiger partial charge in [0.05, 0.1) is 5.52 Å². The Bertz CT molecular complexity index is 1410. The number of halogens is 2. The molecule has 0 unspecified atom stereocenters. The molecule has 0 radical (unpaired) electrons. The molecule has 0 aliphatic carbocycles. The lowest BCUT2D eigenvalue weighted by atomic mass is 9.99. The van der Waals surface area contributed by atoms with E-state index in [9.17, 15) is 13.6 Å². The molecule has 4 N–H and O–H groups in total. The molecule has 0 bridgehead atoms. The lowest BCUT2D eigenvalue weighted by molar-refractivity contribution is 0.588. The van der Waals surface area contributed by atoms with Crippen LogP contribution in [0.25, 0.3) is 33.2 Å². The number of fused-ring (bicyclic) bond motifs is 1. The number of benzene rings is 2. The minimum Gasteiger partial charge on any atom is -0.383 e. The number of anilines is 2. The highest BCUT2D eigenvalue weighted by Crippen LogP contribution is 2.34. The number of aromatic amines is 1. The van der Waals surface area contributed by atoms with E-state index in [1.54, 1.807) is 19.1 Å². The van der Waals surface area contributed by atoms with E-state index in [0.29, 0.717) is 22.5 Å². The van der Waals surface area contributed by atoms with Gasteiger partial charge in [0.25, 0.3) is 5.56 Å². The molecule has 1 aliphatic heterocycles. The van der Waals surface area contributed by atoms with Crippen LogP contribution in [-0.2, 0) is 0 Å². The molecule has 0 atom stereocenters. The normalized spacial score (nSPS) is 14.1. The molecule has 1 saturated heterocycles. The average Bonchev–Trinajstić information content (AvgIpc) is 2.79. The van der Waals surface area contributed by atoms with Gasteiger partial charge in [-0.15, -0.1) is 0 Å². The van der Waals surface area contributed by atoms with Crippen LogP contribution in [0, 0.1) is 18.7 Å². The number of nitrogens with one attached hydrogen (secondary N) is 2. The number of aromatic nitrogens is 3. The summed E-state index contributed by atoms with van der Waals surface area (Å²) in [5.74, 6) is -1.16. The number of hydrogen-bond acceptors (Lipinski definition) is 6. The summed E-state index contributed by atoms with van der Waals surface area (Å²) < 4.78 is 29.6. The Morgan fingerprint density at radius 3 is 2.42 bits per heavy atom. The van der Waals surface area contributed by atoms with E-state index in [1.165, 1.54) is 6.07 Å². The zero-order valence-electron chi connectivity index (χ0n) is 18.0. The zero-order chi connectivity index (χ0) is 23.1. The molecule has 1 fully saturated rings. The molecule has 1 aliphatic rings. The van der Waals surface area contributed by atoms with Crippen LogP contribution in [0.1, 0.15) is 5.82 Å². The Kier molecular flexibility index (Phi) is 5.26. The van der Waals surface area contributed by atoms with Gasteiger partial charge in [-0.3, -0.25) is 4.79 Å². The van der Waals surface area contributed by atoms with Gasteiger partial charge in [0.1, 0.15) is 22.8 Å². The summed E-state index contributed by atoms with van der Waals surface area (Å²) in [6, 6.07) is 11.9. The highest BCUT2D eigenvalue weighted by atomic mass is 19.1. The molecule has 3 heterocycles. The van der Waals surface area contributed by atoms with Gasteiger partial charge in [0, 0.05) is 43.0 Å². The number of rotatable bonds is 3. The Balaban J connectivity index is 1.58. The number of hydrogen-bond donors (Lipinski definition) is 3. The highest BCUT2D eigenvalue weighted by molar-refractivity contribution is 5.88. The van der Waals surface area contributed by atoms with Crippen LogP contribution in [0.4, 0.5) is 20.3 Å². The van der Waals surface area contributed by atoms with Crippen molar-refractivity contribution in [1.29, 1.82) is 0 Å². The number of pyridine rings is 1. The minimum atomic E-state index is -0.734. The zero-order valence-corrected chi connectivity index (χ0v) is 18.0. The van der Waals surface area contributed by atoms with Gasteiger partial charge >= 0.3 is 0 Å². The Morgan fingerprint density at radius 1 is 0.970 bits per heavy atom. The van der Waals surface area contributed by atoms with E-state index >= 15 is 0 Å². The van der Waals surface area contributed by atoms with Crippen molar-refractivity contribution in [2.75, 3.05) is 36.8 Å². The molecule has 2 aromatic heterocycles. The van der Waals surface area contributed by atoms with E-state index in [4.69, 9.17) is 5.73 Å². The number of nitrogens with zero attached hydrogens (tertiary/aromatic N) is 3. The lowest BCUT2D eigenvalue weighted by Crippen LogP contribution is -2.43. The Labute approximate surface area is 188 Å². The summed E-state index contributed by atoms with van der Waals surface area (Å²) >= 11 is 0. The van der Waals surface area contributed by atoms with Gasteiger partial charge in [0.15, 0.2) is 0 Å².